The van der Waals surface area contributed by atoms with Gasteiger partial charge < -0.3 is 9.64 Å². The van der Waals surface area contributed by atoms with Crippen LogP contribution in [-0.2, 0) is 11.3 Å². The fraction of sp³-hybridized carbons (Fsp3) is 0.296. The van der Waals surface area contributed by atoms with Crippen molar-refractivity contribution in [2.24, 2.45) is 0 Å². The monoisotopic (exact) mass is 401 g/mol. The van der Waals surface area contributed by atoms with Crippen LogP contribution in [-0.4, -0.2) is 23.5 Å². The highest BCUT2D eigenvalue weighted by molar-refractivity contribution is 5.73. The van der Waals surface area contributed by atoms with Crippen molar-refractivity contribution >= 4 is 5.91 Å². The van der Waals surface area contributed by atoms with Crippen molar-refractivity contribution in [1.82, 2.24) is 4.90 Å². The van der Waals surface area contributed by atoms with Crippen LogP contribution in [0.15, 0.2) is 84.9 Å². The highest BCUT2D eigenvalue weighted by atomic mass is 16.5. The predicted molar refractivity (Wildman–Crippen MR) is 123 cm³/mol. The second kappa shape index (κ2) is 10.6. The first kappa shape index (κ1) is 21.6. The van der Waals surface area contributed by atoms with E-state index >= 15 is 0 Å². The third kappa shape index (κ3) is 6.21. The minimum Gasteiger partial charge on any atom is -0.491 e. The van der Waals surface area contributed by atoms with Crippen LogP contribution >= 0.6 is 0 Å². The Kier molecular flexibility index (Phi) is 7.67. The highest BCUT2D eigenvalue weighted by Crippen LogP contribution is 2.30. The van der Waals surface area contributed by atoms with E-state index < -0.39 is 0 Å². The summed E-state index contributed by atoms with van der Waals surface area (Å²) >= 11 is 0. The number of amides is 1. The van der Waals surface area contributed by atoms with Gasteiger partial charge in [-0.15, -0.1) is 0 Å². The van der Waals surface area contributed by atoms with Gasteiger partial charge in [-0.3, -0.25) is 4.79 Å². The first-order valence-electron chi connectivity index (χ1n) is 10.6. The molecule has 0 aromatic heterocycles. The molecule has 0 saturated carbocycles. The molecule has 0 bridgehead atoms. The molecule has 0 aliphatic rings. The zero-order chi connectivity index (χ0) is 21.3. The smallest absolute Gasteiger partial charge is 0.219 e. The van der Waals surface area contributed by atoms with E-state index in [-0.39, 0.29) is 17.9 Å². The maximum absolute atomic E-state index is 12.3. The number of rotatable bonds is 9. The first-order chi connectivity index (χ1) is 14.5. The van der Waals surface area contributed by atoms with E-state index in [0.29, 0.717) is 13.1 Å². The summed E-state index contributed by atoms with van der Waals surface area (Å²) in [4.78, 5) is 14.2. The topological polar surface area (TPSA) is 29.5 Å². The molecule has 0 saturated heterocycles. The van der Waals surface area contributed by atoms with Crippen molar-refractivity contribution in [3.8, 4) is 5.75 Å². The van der Waals surface area contributed by atoms with Gasteiger partial charge in [0.25, 0.3) is 0 Å². The van der Waals surface area contributed by atoms with E-state index in [1.165, 1.54) is 11.1 Å². The van der Waals surface area contributed by atoms with Gasteiger partial charge in [0.15, 0.2) is 0 Å². The predicted octanol–water partition coefficient (Wildman–Crippen LogP) is 6.04. The van der Waals surface area contributed by atoms with Gasteiger partial charge in [0.2, 0.25) is 5.91 Å². The number of carbonyl (C=O) groups is 1. The molecule has 0 aliphatic heterocycles. The Bertz CT molecular complexity index is 905. The zero-order valence-corrected chi connectivity index (χ0v) is 18.1. The van der Waals surface area contributed by atoms with Crippen LogP contribution in [0.25, 0.3) is 0 Å². The Morgan fingerprint density at radius 2 is 1.40 bits per heavy atom. The van der Waals surface area contributed by atoms with Crippen molar-refractivity contribution in [3.63, 3.8) is 0 Å². The lowest BCUT2D eigenvalue weighted by Crippen LogP contribution is -2.30. The van der Waals surface area contributed by atoms with Crippen LogP contribution in [0.3, 0.4) is 0 Å². The Morgan fingerprint density at radius 3 is 1.97 bits per heavy atom. The van der Waals surface area contributed by atoms with Crippen molar-refractivity contribution in [2.75, 3.05) is 6.54 Å². The SMILES string of the molecule is CC(=O)N(CCC(c1ccccc1)c1ccc(OC(C)C)cc1)Cc1ccccc1. The standard InChI is InChI=1S/C27H31NO2/c1-21(2)30-26-16-14-25(15-17-26)27(24-12-8-5-9-13-24)18-19-28(22(3)29)20-23-10-6-4-7-11-23/h4-17,21,27H,18-20H2,1-3H3. The molecule has 0 fully saturated rings. The average Bonchev–Trinajstić information content (AvgIpc) is 2.75. The maximum Gasteiger partial charge on any atom is 0.219 e. The summed E-state index contributed by atoms with van der Waals surface area (Å²) in [6, 6.07) is 29.1. The summed E-state index contributed by atoms with van der Waals surface area (Å²) in [5.41, 5.74) is 3.65. The number of hydrogen-bond donors (Lipinski definition) is 0. The summed E-state index contributed by atoms with van der Waals surface area (Å²) in [6.07, 6.45) is 1.02. The fourth-order valence-corrected chi connectivity index (χ4v) is 3.70. The molecule has 1 atom stereocenters. The second-order valence-corrected chi connectivity index (χ2v) is 7.91. The number of nitrogens with zero attached hydrogens (tertiary/aromatic N) is 1. The molecular formula is C27H31NO2. The van der Waals surface area contributed by atoms with Crippen LogP contribution in [0.5, 0.6) is 5.75 Å². The molecule has 3 rings (SSSR count). The summed E-state index contributed by atoms with van der Waals surface area (Å²) in [5, 5.41) is 0. The van der Waals surface area contributed by atoms with Crippen molar-refractivity contribution in [1.29, 1.82) is 0 Å². The number of ether oxygens (including phenoxy) is 1. The molecule has 156 valence electrons. The van der Waals surface area contributed by atoms with E-state index in [0.717, 1.165) is 17.7 Å². The van der Waals surface area contributed by atoms with Crippen LogP contribution < -0.4 is 4.74 Å². The van der Waals surface area contributed by atoms with Crippen molar-refractivity contribution in [3.05, 3.63) is 102 Å². The molecule has 0 spiro atoms. The van der Waals surface area contributed by atoms with Gasteiger partial charge in [0.05, 0.1) is 6.10 Å². The molecule has 0 heterocycles. The maximum atomic E-state index is 12.3. The molecular weight excluding hydrogens is 370 g/mol. The summed E-state index contributed by atoms with van der Waals surface area (Å²) < 4.78 is 5.80. The molecule has 0 aliphatic carbocycles. The lowest BCUT2D eigenvalue weighted by atomic mass is 9.88. The van der Waals surface area contributed by atoms with Crippen molar-refractivity contribution < 1.29 is 9.53 Å². The van der Waals surface area contributed by atoms with Gasteiger partial charge in [-0.25, -0.2) is 0 Å². The van der Waals surface area contributed by atoms with Gasteiger partial charge in [0.1, 0.15) is 5.75 Å². The molecule has 0 radical (unpaired) electrons. The number of benzene rings is 3. The van der Waals surface area contributed by atoms with Gasteiger partial charge in [-0.2, -0.15) is 0 Å². The van der Waals surface area contributed by atoms with Crippen LogP contribution in [0.1, 0.15) is 49.8 Å². The van der Waals surface area contributed by atoms with E-state index in [1.807, 2.05) is 55.1 Å². The van der Waals surface area contributed by atoms with Gasteiger partial charge >= 0.3 is 0 Å². The Labute approximate surface area is 180 Å². The molecule has 3 aromatic rings. The van der Waals surface area contributed by atoms with Crippen LogP contribution in [0, 0.1) is 0 Å². The van der Waals surface area contributed by atoms with E-state index in [9.17, 15) is 4.79 Å². The summed E-state index contributed by atoms with van der Waals surface area (Å²) in [6.45, 7) is 7.05. The highest BCUT2D eigenvalue weighted by Gasteiger charge is 2.18. The second-order valence-electron chi connectivity index (χ2n) is 7.91. The van der Waals surface area contributed by atoms with E-state index in [1.54, 1.807) is 6.92 Å². The lowest BCUT2D eigenvalue weighted by molar-refractivity contribution is -0.129. The minimum absolute atomic E-state index is 0.103. The number of carbonyl (C=O) groups excluding carboxylic acids is 1. The zero-order valence-electron chi connectivity index (χ0n) is 18.1. The molecule has 30 heavy (non-hydrogen) atoms. The first-order valence-corrected chi connectivity index (χ1v) is 10.6. The van der Waals surface area contributed by atoms with E-state index in [2.05, 4.69) is 48.5 Å². The Morgan fingerprint density at radius 1 is 0.833 bits per heavy atom. The Hall–Kier alpha value is -3.07. The summed E-state index contributed by atoms with van der Waals surface area (Å²) in [7, 11) is 0. The molecule has 3 nitrogen and oxygen atoms in total. The molecule has 1 unspecified atom stereocenters. The minimum atomic E-state index is 0.103. The Balaban J connectivity index is 1.78. The molecule has 3 heteroatoms. The van der Waals surface area contributed by atoms with Crippen LogP contribution in [0.2, 0.25) is 0 Å². The molecule has 1 amide bonds. The molecule has 3 aromatic carbocycles. The third-order valence-corrected chi connectivity index (χ3v) is 5.21. The third-order valence-electron chi connectivity index (χ3n) is 5.21. The van der Waals surface area contributed by atoms with Gasteiger partial charge in [-0.05, 0) is 49.1 Å². The largest absolute Gasteiger partial charge is 0.491 e. The summed E-state index contributed by atoms with van der Waals surface area (Å²) in [5.74, 6) is 1.21. The van der Waals surface area contributed by atoms with Crippen molar-refractivity contribution in [2.45, 2.75) is 45.8 Å². The average molecular weight is 402 g/mol. The molecule has 0 N–H and O–H groups in total. The fourth-order valence-electron chi connectivity index (χ4n) is 3.70. The normalized spacial score (nSPS) is 11.9. The van der Waals surface area contributed by atoms with E-state index in [4.69, 9.17) is 4.74 Å². The lowest BCUT2D eigenvalue weighted by Gasteiger charge is -2.25. The number of hydrogen-bond acceptors (Lipinski definition) is 2. The van der Waals surface area contributed by atoms with Gasteiger partial charge in [0, 0.05) is 25.9 Å². The quantitative estimate of drug-likeness (QED) is 0.437. The van der Waals surface area contributed by atoms with Crippen LogP contribution in [0.4, 0.5) is 0 Å². The van der Waals surface area contributed by atoms with Gasteiger partial charge in [-0.1, -0.05) is 72.8 Å².